The fourth-order valence-electron chi connectivity index (χ4n) is 4.70. The third kappa shape index (κ3) is 5.38. The molecule has 0 spiro atoms. The molecule has 4 aromatic rings. The third-order valence-electron chi connectivity index (χ3n) is 6.47. The van der Waals surface area contributed by atoms with E-state index in [0.29, 0.717) is 6.42 Å². The highest BCUT2D eigenvalue weighted by atomic mass is 16.3. The molecule has 4 rings (SSSR count). The van der Waals surface area contributed by atoms with Gasteiger partial charge in [0.2, 0.25) is 0 Å². The van der Waals surface area contributed by atoms with E-state index in [9.17, 15) is 5.11 Å². The second-order valence-electron chi connectivity index (χ2n) is 10.0. The molecule has 0 aliphatic rings. The van der Waals surface area contributed by atoms with Crippen molar-refractivity contribution in [2.45, 2.75) is 39.7 Å². The lowest BCUT2D eigenvalue weighted by molar-refractivity contribution is 0.0432. The lowest BCUT2D eigenvalue weighted by atomic mass is 9.72. The minimum Gasteiger partial charge on any atom is -0.380 e. The van der Waals surface area contributed by atoms with E-state index < -0.39 is 5.60 Å². The van der Waals surface area contributed by atoms with Gasteiger partial charge >= 0.3 is 0 Å². The molecule has 0 saturated carbocycles. The molecule has 1 N–H and O–H groups in total. The fraction of sp³-hybridized carbons (Fsp3) is 0.212. The number of aryl methyl sites for hydroxylation is 2. The zero-order valence-corrected chi connectivity index (χ0v) is 20.6. The van der Waals surface area contributed by atoms with Crippen molar-refractivity contribution < 1.29 is 5.11 Å². The molecule has 34 heavy (non-hydrogen) atoms. The summed E-state index contributed by atoms with van der Waals surface area (Å²) in [6.07, 6.45) is 2.88. The molecule has 0 fully saturated rings. The summed E-state index contributed by atoms with van der Waals surface area (Å²) in [6.45, 7) is 8.58. The van der Waals surface area contributed by atoms with Gasteiger partial charge in [0.25, 0.3) is 0 Å². The molecule has 0 aromatic heterocycles. The Bertz CT molecular complexity index is 1140. The number of benzene rings is 4. The van der Waals surface area contributed by atoms with E-state index in [1.165, 1.54) is 27.8 Å². The number of rotatable bonds is 7. The molecule has 0 aliphatic heterocycles. The Labute approximate surface area is 204 Å². The average molecular weight is 447 g/mol. The summed E-state index contributed by atoms with van der Waals surface area (Å²) in [5, 5.41) is 12.3. The summed E-state index contributed by atoms with van der Waals surface area (Å²) < 4.78 is 0. The lowest BCUT2D eigenvalue weighted by Gasteiger charge is -2.36. The molecule has 0 atom stereocenters. The van der Waals surface area contributed by atoms with E-state index in [1.807, 2.05) is 12.1 Å². The van der Waals surface area contributed by atoms with Crippen LogP contribution in [0.15, 0.2) is 115 Å². The predicted molar refractivity (Wildman–Crippen MR) is 144 cm³/mol. The third-order valence-corrected chi connectivity index (χ3v) is 6.47. The highest BCUT2D eigenvalue weighted by molar-refractivity contribution is 5.80. The summed E-state index contributed by atoms with van der Waals surface area (Å²) in [4.78, 5) is 0. The standard InChI is InChI=1S/C33H34O/c1-25-15-19-29(20-16-25)33(34,30-21-17-26(2)18-22-30)24-32(3,4)23-31(27-11-7-5-8-12-27)28-13-9-6-10-14-28/h5-23,34H,24H2,1-4H3. The first-order valence-corrected chi connectivity index (χ1v) is 12.0. The van der Waals surface area contributed by atoms with E-state index in [4.69, 9.17) is 0 Å². The van der Waals surface area contributed by atoms with Crippen molar-refractivity contribution >= 4 is 5.57 Å². The molecule has 0 radical (unpaired) electrons. The van der Waals surface area contributed by atoms with Gasteiger partial charge in [-0.25, -0.2) is 0 Å². The molecule has 172 valence electrons. The number of allylic oxidation sites excluding steroid dienone is 1. The van der Waals surface area contributed by atoms with Crippen LogP contribution in [0.4, 0.5) is 0 Å². The first kappa shape index (κ1) is 23.7. The second-order valence-corrected chi connectivity index (χ2v) is 10.0. The largest absolute Gasteiger partial charge is 0.380 e. The SMILES string of the molecule is Cc1ccc(C(O)(CC(C)(C)C=C(c2ccccc2)c2ccccc2)c2ccc(C)cc2)cc1. The van der Waals surface area contributed by atoms with Gasteiger partial charge in [-0.05, 0) is 53.5 Å². The summed E-state index contributed by atoms with van der Waals surface area (Å²) in [6, 6.07) is 37.6. The molecule has 0 amide bonds. The number of hydrogen-bond acceptors (Lipinski definition) is 1. The molecule has 0 saturated heterocycles. The molecular weight excluding hydrogens is 412 g/mol. The Balaban J connectivity index is 1.81. The van der Waals surface area contributed by atoms with Crippen molar-refractivity contribution in [1.29, 1.82) is 0 Å². The molecular formula is C33H34O. The van der Waals surface area contributed by atoms with Crippen molar-refractivity contribution in [2.24, 2.45) is 5.41 Å². The zero-order chi connectivity index (χ0) is 24.2. The first-order chi connectivity index (χ1) is 16.3. The van der Waals surface area contributed by atoms with Gasteiger partial charge in [-0.3, -0.25) is 0 Å². The van der Waals surface area contributed by atoms with E-state index in [1.54, 1.807) is 0 Å². The molecule has 0 unspecified atom stereocenters. The monoisotopic (exact) mass is 446 g/mol. The van der Waals surface area contributed by atoms with Crippen LogP contribution in [0, 0.1) is 19.3 Å². The van der Waals surface area contributed by atoms with Gasteiger partial charge in [0.15, 0.2) is 0 Å². The molecule has 1 nitrogen and oxygen atoms in total. The van der Waals surface area contributed by atoms with Crippen molar-refractivity contribution in [3.63, 3.8) is 0 Å². The predicted octanol–water partition coefficient (Wildman–Crippen LogP) is 8.09. The van der Waals surface area contributed by atoms with Gasteiger partial charge in [0.05, 0.1) is 0 Å². The fourth-order valence-corrected chi connectivity index (χ4v) is 4.70. The van der Waals surface area contributed by atoms with Crippen LogP contribution in [0.2, 0.25) is 0 Å². The number of aliphatic hydroxyl groups is 1. The van der Waals surface area contributed by atoms with Crippen molar-refractivity contribution in [3.8, 4) is 0 Å². The minimum atomic E-state index is -1.11. The van der Waals surface area contributed by atoms with Gasteiger partial charge in [0, 0.05) is 0 Å². The average Bonchev–Trinajstić information content (AvgIpc) is 2.84. The lowest BCUT2D eigenvalue weighted by Crippen LogP contribution is -2.33. The van der Waals surface area contributed by atoms with Crippen LogP contribution in [0.3, 0.4) is 0 Å². The van der Waals surface area contributed by atoms with Crippen LogP contribution in [-0.2, 0) is 5.60 Å². The molecule has 4 aromatic carbocycles. The highest BCUT2D eigenvalue weighted by Crippen LogP contribution is 2.43. The zero-order valence-electron chi connectivity index (χ0n) is 20.6. The van der Waals surface area contributed by atoms with Crippen LogP contribution in [-0.4, -0.2) is 5.11 Å². The van der Waals surface area contributed by atoms with Crippen LogP contribution in [0.5, 0.6) is 0 Å². The maximum Gasteiger partial charge on any atom is 0.115 e. The first-order valence-electron chi connectivity index (χ1n) is 12.0. The van der Waals surface area contributed by atoms with Crippen LogP contribution in [0.1, 0.15) is 53.6 Å². The Morgan fingerprint density at radius 2 is 1.00 bits per heavy atom. The minimum absolute atomic E-state index is 0.300. The van der Waals surface area contributed by atoms with Crippen LogP contribution >= 0.6 is 0 Å². The highest BCUT2D eigenvalue weighted by Gasteiger charge is 2.37. The number of hydrogen-bond donors (Lipinski definition) is 1. The van der Waals surface area contributed by atoms with E-state index in [2.05, 4.69) is 131 Å². The van der Waals surface area contributed by atoms with E-state index in [-0.39, 0.29) is 5.41 Å². The summed E-state index contributed by atoms with van der Waals surface area (Å²) in [7, 11) is 0. The van der Waals surface area contributed by atoms with Crippen molar-refractivity contribution in [3.05, 3.63) is 149 Å². The van der Waals surface area contributed by atoms with Crippen molar-refractivity contribution in [2.75, 3.05) is 0 Å². The summed E-state index contributed by atoms with van der Waals surface area (Å²) in [5.41, 5.74) is 6.34. The molecule has 1 heteroatoms. The van der Waals surface area contributed by atoms with Crippen LogP contribution in [0.25, 0.3) is 5.57 Å². The smallest absolute Gasteiger partial charge is 0.115 e. The Kier molecular flexibility index (Phi) is 6.86. The maximum absolute atomic E-state index is 12.3. The molecule has 0 aliphatic carbocycles. The van der Waals surface area contributed by atoms with Gasteiger partial charge in [0.1, 0.15) is 5.60 Å². The molecule has 0 bridgehead atoms. The Morgan fingerprint density at radius 1 is 0.618 bits per heavy atom. The maximum atomic E-state index is 12.3. The normalized spacial score (nSPS) is 11.8. The summed E-state index contributed by atoms with van der Waals surface area (Å²) in [5.74, 6) is 0. The second kappa shape index (κ2) is 9.83. The van der Waals surface area contributed by atoms with Gasteiger partial charge in [-0.2, -0.15) is 0 Å². The topological polar surface area (TPSA) is 20.2 Å². The van der Waals surface area contributed by atoms with E-state index >= 15 is 0 Å². The van der Waals surface area contributed by atoms with Crippen LogP contribution < -0.4 is 0 Å². The van der Waals surface area contributed by atoms with Gasteiger partial charge in [-0.15, -0.1) is 0 Å². The summed E-state index contributed by atoms with van der Waals surface area (Å²) >= 11 is 0. The van der Waals surface area contributed by atoms with E-state index in [0.717, 1.165) is 11.1 Å². The Hall–Kier alpha value is -3.42. The van der Waals surface area contributed by atoms with Gasteiger partial charge in [-0.1, -0.05) is 140 Å². The Morgan fingerprint density at radius 3 is 1.38 bits per heavy atom. The van der Waals surface area contributed by atoms with Gasteiger partial charge < -0.3 is 5.11 Å². The van der Waals surface area contributed by atoms with Crippen molar-refractivity contribution in [1.82, 2.24) is 0 Å². The molecule has 0 heterocycles. The quantitative estimate of drug-likeness (QED) is 0.304.